The number of aryl methyl sites for hydroxylation is 3. The Bertz CT molecular complexity index is 990. The van der Waals surface area contributed by atoms with Gasteiger partial charge in [0.1, 0.15) is 5.56 Å². The van der Waals surface area contributed by atoms with E-state index in [9.17, 15) is 9.59 Å². The molecule has 3 rings (SSSR count). The number of ether oxygens (including phenoxy) is 1. The van der Waals surface area contributed by atoms with Crippen molar-refractivity contribution >= 4 is 34.8 Å². The molecule has 0 aliphatic heterocycles. The van der Waals surface area contributed by atoms with Crippen LogP contribution in [0.4, 0.5) is 5.69 Å². The Morgan fingerprint density at radius 3 is 2.77 bits per heavy atom. The Kier molecular flexibility index (Phi) is 4.90. The van der Waals surface area contributed by atoms with Gasteiger partial charge in [-0.15, -0.1) is 0 Å². The van der Waals surface area contributed by atoms with Crippen LogP contribution in [0, 0.1) is 20.8 Å². The summed E-state index contributed by atoms with van der Waals surface area (Å²) >= 11 is 6.17. The van der Waals surface area contributed by atoms with E-state index in [-0.39, 0.29) is 5.56 Å². The van der Waals surface area contributed by atoms with E-state index in [0.29, 0.717) is 22.1 Å². The lowest BCUT2D eigenvalue weighted by Crippen LogP contribution is -2.22. The fourth-order valence-corrected chi connectivity index (χ4v) is 3.06. The van der Waals surface area contributed by atoms with Crippen LogP contribution in [0.1, 0.15) is 27.2 Å². The first kappa shape index (κ1) is 17.9. The van der Waals surface area contributed by atoms with Crippen molar-refractivity contribution in [3.05, 3.63) is 58.0 Å². The molecule has 3 aromatic rings. The van der Waals surface area contributed by atoms with Crippen LogP contribution in [0.25, 0.3) is 5.65 Å². The Balaban J connectivity index is 1.70. The van der Waals surface area contributed by atoms with Gasteiger partial charge in [0, 0.05) is 12.4 Å². The number of nitrogens with one attached hydrogen (secondary N) is 1. The molecular weight excluding hydrogens is 356 g/mol. The molecule has 0 aliphatic rings. The maximum Gasteiger partial charge on any atom is 0.344 e. The summed E-state index contributed by atoms with van der Waals surface area (Å²) in [6.45, 7) is 5.00. The number of anilines is 1. The first-order chi connectivity index (χ1) is 12.4. The predicted molar refractivity (Wildman–Crippen MR) is 97.6 cm³/mol. The van der Waals surface area contributed by atoms with E-state index in [4.69, 9.17) is 16.3 Å². The maximum absolute atomic E-state index is 12.4. The molecule has 0 saturated heterocycles. The van der Waals surface area contributed by atoms with Crippen LogP contribution < -0.4 is 5.32 Å². The van der Waals surface area contributed by atoms with E-state index >= 15 is 0 Å². The van der Waals surface area contributed by atoms with Gasteiger partial charge in [0.05, 0.1) is 16.4 Å². The molecular formula is C18H17ClN4O3. The van der Waals surface area contributed by atoms with Crippen LogP contribution in [0.2, 0.25) is 5.02 Å². The largest absolute Gasteiger partial charge is 0.452 e. The third-order valence-electron chi connectivity index (χ3n) is 3.80. The number of hydrogen-bond acceptors (Lipinski definition) is 5. The number of fused-ring (bicyclic) bond motifs is 1. The second kappa shape index (κ2) is 7.13. The molecule has 7 nitrogen and oxygen atoms in total. The molecule has 26 heavy (non-hydrogen) atoms. The normalized spacial score (nSPS) is 10.8. The Morgan fingerprint density at radius 2 is 2.04 bits per heavy atom. The van der Waals surface area contributed by atoms with E-state index in [1.807, 2.05) is 19.9 Å². The van der Waals surface area contributed by atoms with Crippen LogP contribution in [0.5, 0.6) is 0 Å². The van der Waals surface area contributed by atoms with Gasteiger partial charge < -0.3 is 10.1 Å². The van der Waals surface area contributed by atoms with E-state index in [1.165, 1.54) is 4.52 Å². The van der Waals surface area contributed by atoms with Crippen molar-refractivity contribution in [2.45, 2.75) is 20.8 Å². The Labute approximate surface area is 154 Å². The highest BCUT2D eigenvalue weighted by Gasteiger charge is 2.20. The Morgan fingerprint density at radius 1 is 1.27 bits per heavy atom. The smallest absolute Gasteiger partial charge is 0.344 e. The van der Waals surface area contributed by atoms with Crippen molar-refractivity contribution in [2.75, 3.05) is 11.9 Å². The molecule has 0 spiro atoms. The minimum atomic E-state index is -0.655. The van der Waals surface area contributed by atoms with Crippen LogP contribution in [0.3, 0.4) is 0 Å². The van der Waals surface area contributed by atoms with Gasteiger partial charge >= 0.3 is 5.97 Å². The molecule has 2 heterocycles. The number of esters is 1. The fraction of sp³-hybridized carbons (Fsp3) is 0.222. The number of nitrogens with zero attached hydrogens (tertiary/aromatic N) is 3. The predicted octanol–water partition coefficient (Wildman–Crippen LogP) is 3.10. The highest BCUT2D eigenvalue weighted by atomic mass is 35.5. The number of hydrogen-bond donors (Lipinski definition) is 1. The van der Waals surface area contributed by atoms with Crippen molar-refractivity contribution < 1.29 is 14.3 Å². The van der Waals surface area contributed by atoms with Crippen LogP contribution in [0.15, 0.2) is 30.6 Å². The fourth-order valence-electron chi connectivity index (χ4n) is 2.69. The molecule has 0 bridgehead atoms. The van der Waals surface area contributed by atoms with E-state index in [2.05, 4.69) is 15.4 Å². The van der Waals surface area contributed by atoms with E-state index in [0.717, 1.165) is 11.1 Å². The summed E-state index contributed by atoms with van der Waals surface area (Å²) in [5, 5.41) is 7.30. The lowest BCUT2D eigenvalue weighted by atomic mass is 10.1. The molecule has 0 unspecified atom stereocenters. The number of halogens is 1. The highest BCUT2D eigenvalue weighted by molar-refractivity contribution is 6.34. The summed E-state index contributed by atoms with van der Waals surface area (Å²) in [6, 6.07) is 5.36. The number of carbonyl (C=O) groups excluding carboxylic acids is 2. The second-order valence-corrected chi connectivity index (χ2v) is 6.32. The van der Waals surface area contributed by atoms with Crippen LogP contribution in [-0.4, -0.2) is 33.1 Å². The van der Waals surface area contributed by atoms with Gasteiger partial charge in [-0.1, -0.05) is 17.7 Å². The van der Waals surface area contributed by atoms with Crippen molar-refractivity contribution in [1.29, 1.82) is 0 Å². The number of rotatable bonds is 4. The van der Waals surface area contributed by atoms with Crippen molar-refractivity contribution in [1.82, 2.24) is 14.6 Å². The lowest BCUT2D eigenvalue weighted by molar-refractivity contribution is -0.119. The first-order valence-electron chi connectivity index (χ1n) is 7.90. The van der Waals surface area contributed by atoms with Gasteiger partial charge in [-0.2, -0.15) is 5.10 Å². The zero-order valence-electron chi connectivity index (χ0n) is 14.5. The number of aromatic nitrogens is 3. The zero-order valence-corrected chi connectivity index (χ0v) is 15.3. The summed E-state index contributed by atoms with van der Waals surface area (Å²) in [6.07, 6.45) is 3.24. The molecule has 0 aliphatic carbocycles. The summed E-state index contributed by atoms with van der Waals surface area (Å²) in [4.78, 5) is 28.6. The molecule has 1 aromatic carbocycles. The topological polar surface area (TPSA) is 85.6 Å². The maximum atomic E-state index is 12.4. The summed E-state index contributed by atoms with van der Waals surface area (Å²) in [7, 11) is 0. The molecule has 1 amide bonds. The van der Waals surface area contributed by atoms with Gasteiger partial charge in [0.25, 0.3) is 5.91 Å². The van der Waals surface area contributed by atoms with Crippen LogP contribution >= 0.6 is 11.6 Å². The quantitative estimate of drug-likeness (QED) is 0.711. The minimum Gasteiger partial charge on any atom is -0.452 e. The van der Waals surface area contributed by atoms with Gasteiger partial charge in [0.2, 0.25) is 0 Å². The lowest BCUT2D eigenvalue weighted by Gasteiger charge is -2.11. The van der Waals surface area contributed by atoms with Gasteiger partial charge in [-0.05, 0) is 44.0 Å². The van der Waals surface area contributed by atoms with Crippen molar-refractivity contribution in [3.63, 3.8) is 0 Å². The third-order valence-corrected chi connectivity index (χ3v) is 4.10. The first-order valence-corrected chi connectivity index (χ1v) is 8.28. The van der Waals surface area contributed by atoms with E-state index < -0.39 is 18.5 Å². The monoisotopic (exact) mass is 372 g/mol. The average molecular weight is 373 g/mol. The summed E-state index contributed by atoms with van der Waals surface area (Å²) < 4.78 is 6.61. The molecule has 134 valence electrons. The molecule has 0 saturated carbocycles. The number of carbonyl (C=O) groups is 2. The molecule has 8 heteroatoms. The second-order valence-electron chi connectivity index (χ2n) is 5.91. The molecule has 0 fully saturated rings. The molecule has 0 radical (unpaired) electrons. The number of benzene rings is 1. The summed E-state index contributed by atoms with van der Waals surface area (Å²) in [5.74, 6) is -1.13. The SMILES string of the molecule is Cc1cc(C)c(NC(=O)COC(=O)c2c(C)nn3cccnc23)c(Cl)c1. The minimum absolute atomic E-state index is 0.239. The van der Waals surface area contributed by atoms with E-state index in [1.54, 1.807) is 31.5 Å². The molecule has 0 atom stereocenters. The van der Waals surface area contributed by atoms with Gasteiger partial charge in [0.15, 0.2) is 12.3 Å². The average Bonchev–Trinajstić information content (AvgIpc) is 2.91. The van der Waals surface area contributed by atoms with Crippen molar-refractivity contribution in [3.8, 4) is 0 Å². The van der Waals surface area contributed by atoms with Crippen LogP contribution in [-0.2, 0) is 9.53 Å². The van der Waals surface area contributed by atoms with Crippen molar-refractivity contribution in [2.24, 2.45) is 0 Å². The standard InChI is InChI=1S/C18H17ClN4O3/c1-10-7-11(2)16(13(19)8-10)21-14(24)9-26-18(25)15-12(3)22-23-6-4-5-20-17(15)23/h4-8H,9H2,1-3H3,(H,21,24). The molecule has 2 aromatic heterocycles. The molecule has 1 N–H and O–H groups in total. The number of amides is 1. The van der Waals surface area contributed by atoms with Gasteiger partial charge in [-0.25, -0.2) is 14.3 Å². The van der Waals surface area contributed by atoms with Gasteiger partial charge in [-0.3, -0.25) is 4.79 Å². The highest BCUT2D eigenvalue weighted by Crippen LogP contribution is 2.27. The third kappa shape index (κ3) is 3.52. The zero-order chi connectivity index (χ0) is 18.8. The Hall–Kier alpha value is -2.93. The summed E-state index contributed by atoms with van der Waals surface area (Å²) in [5.41, 5.74) is 3.43.